The lowest BCUT2D eigenvalue weighted by Crippen LogP contribution is -2.35. The van der Waals surface area contributed by atoms with Crippen LogP contribution in [0.25, 0.3) is 0 Å². The molecule has 0 bridgehead atoms. The first-order chi connectivity index (χ1) is 16.8. The molecule has 3 atom stereocenters. The molecule has 0 radical (unpaired) electrons. The Morgan fingerprint density at radius 3 is 2.60 bits per heavy atom. The number of amides is 3. The number of imide groups is 1. The molecule has 4 rings (SSSR count). The van der Waals surface area contributed by atoms with E-state index in [4.69, 9.17) is 4.74 Å². The van der Waals surface area contributed by atoms with Crippen molar-refractivity contribution in [1.82, 2.24) is 4.90 Å². The summed E-state index contributed by atoms with van der Waals surface area (Å²) in [5.41, 5.74) is 0.476. The lowest BCUT2D eigenvalue weighted by atomic mass is 9.76. The van der Waals surface area contributed by atoms with Gasteiger partial charge < -0.3 is 15.4 Å². The summed E-state index contributed by atoms with van der Waals surface area (Å²) in [4.78, 5) is 50.5. The molecule has 0 spiro atoms. The highest BCUT2D eigenvalue weighted by atomic mass is 16.6. The number of nitro benzene ring substituents is 1. The number of nitrogens with zero attached hydrogens (tertiary/aromatic N) is 2. The van der Waals surface area contributed by atoms with E-state index >= 15 is 0 Å². The Kier molecular flexibility index (Phi) is 6.99. The second-order valence-electron chi connectivity index (χ2n) is 9.03. The Labute approximate surface area is 202 Å². The molecule has 1 aliphatic carbocycles. The quantitative estimate of drug-likeness (QED) is 0.335. The molecule has 35 heavy (non-hydrogen) atoms. The van der Waals surface area contributed by atoms with Crippen molar-refractivity contribution in [2.75, 3.05) is 30.8 Å². The van der Waals surface area contributed by atoms with Crippen LogP contribution < -0.4 is 15.4 Å². The van der Waals surface area contributed by atoms with Gasteiger partial charge in [-0.3, -0.25) is 29.4 Å². The molecule has 2 N–H and O–H groups in total. The van der Waals surface area contributed by atoms with Crippen LogP contribution in [0.1, 0.15) is 36.5 Å². The van der Waals surface area contributed by atoms with Crippen LogP contribution in [0.15, 0.2) is 42.5 Å². The summed E-state index contributed by atoms with van der Waals surface area (Å²) in [6.45, 7) is 2.39. The van der Waals surface area contributed by atoms with Crippen molar-refractivity contribution in [1.29, 1.82) is 0 Å². The van der Waals surface area contributed by atoms with E-state index in [2.05, 4.69) is 17.6 Å². The van der Waals surface area contributed by atoms with Crippen LogP contribution in [0.4, 0.5) is 17.1 Å². The molecule has 1 saturated heterocycles. The van der Waals surface area contributed by atoms with Crippen molar-refractivity contribution < 1.29 is 24.0 Å². The number of nitro groups is 1. The van der Waals surface area contributed by atoms with E-state index in [1.165, 1.54) is 30.2 Å². The SMILES string of the molecule is COc1ccccc1NC(=O)c1ccc(NCCN2C(=O)[C@H]3CC[C@H](C)C[C@@H]3C2=O)c([N+](=O)[O-])c1. The van der Waals surface area contributed by atoms with Crippen LogP contribution in [0.2, 0.25) is 0 Å². The van der Waals surface area contributed by atoms with E-state index in [1.807, 2.05) is 0 Å². The maximum atomic E-state index is 12.7. The number of carbonyl (C=O) groups excluding carboxylic acids is 3. The van der Waals surface area contributed by atoms with Crippen molar-refractivity contribution >= 4 is 34.8 Å². The maximum Gasteiger partial charge on any atom is 0.293 e. The zero-order chi connectivity index (χ0) is 25.1. The smallest absolute Gasteiger partial charge is 0.293 e. The third-order valence-corrected chi connectivity index (χ3v) is 6.74. The number of ether oxygens (including phenoxy) is 1. The minimum absolute atomic E-state index is 0.108. The van der Waals surface area contributed by atoms with Crippen molar-refractivity contribution in [3.8, 4) is 5.75 Å². The summed E-state index contributed by atoms with van der Waals surface area (Å²) in [5.74, 6) is -0.413. The first-order valence-corrected chi connectivity index (χ1v) is 11.6. The predicted molar refractivity (Wildman–Crippen MR) is 129 cm³/mol. The molecule has 184 valence electrons. The number of hydrogen-bond donors (Lipinski definition) is 2. The van der Waals surface area contributed by atoms with Gasteiger partial charge in [-0.25, -0.2) is 0 Å². The van der Waals surface area contributed by atoms with Gasteiger partial charge in [0.15, 0.2) is 0 Å². The van der Waals surface area contributed by atoms with Gasteiger partial charge in [0.05, 0.1) is 29.6 Å². The summed E-state index contributed by atoms with van der Waals surface area (Å²) in [6.07, 6.45) is 2.39. The molecule has 1 heterocycles. The van der Waals surface area contributed by atoms with Crippen LogP contribution >= 0.6 is 0 Å². The van der Waals surface area contributed by atoms with Gasteiger partial charge in [-0.15, -0.1) is 0 Å². The zero-order valence-electron chi connectivity index (χ0n) is 19.7. The molecule has 10 heteroatoms. The molecular weight excluding hydrogens is 452 g/mol. The maximum absolute atomic E-state index is 12.7. The van der Waals surface area contributed by atoms with Crippen LogP contribution in [0, 0.1) is 27.9 Å². The summed E-state index contributed by atoms with van der Waals surface area (Å²) < 4.78 is 5.22. The lowest BCUT2D eigenvalue weighted by Gasteiger charge is -2.25. The van der Waals surface area contributed by atoms with E-state index in [1.54, 1.807) is 24.3 Å². The van der Waals surface area contributed by atoms with Gasteiger partial charge in [0, 0.05) is 24.7 Å². The molecule has 2 aromatic rings. The largest absolute Gasteiger partial charge is 0.495 e. The van der Waals surface area contributed by atoms with Crippen molar-refractivity contribution in [3.63, 3.8) is 0 Å². The zero-order valence-corrected chi connectivity index (χ0v) is 19.7. The molecular formula is C25H28N4O6. The molecule has 2 fully saturated rings. The number of fused-ring (bicyclic) bond motifs is 1. The average Bonchev–Trinajstić information content (AvgIpc) is 3.08. The number of benzene rings is 2. The second-order valence-corrected chi connectivity index (χ2v) is 9.03. The normalized spacial score (nSPS) is 21.4. The number of anilines is 2. The van der Waals surface area contributed by atoms with Crippen molar-refractivity contribution in [3.05, 3.63) is 58.1 Å². The molecule has 0 unspecified atom stereocenters. The molecule has 1 aliphatic heterocycles. The summed E-state index contributed by atoms with van der Waals surface area (Å²) in [5, 5.41) is 17.3. The monoisotopic (exact) mass is 480 g/mol. The Balaban J connectivity index is 1.42. The van der Waals surface area contributed by atoms with E-state index in [0.29, 0.717) is 17.4 Å². The van der Waals surface area contributed by atoms with Gasteiger partial charge in [0.2, 0.25) is 11.8 Å². The van der Waals surface area contributed by atoms with Gasteiger partial charge in [0.25, 0.3) is 11.6 Å². The number of methoxy groups -OCH3 is 1. The number of para-hydroxylation sites is 2. The third-order valence-electron chi connectivity index (χ3n) is 6.74. The van der Waals surface area contributed by atoms with E-state index in [9.17, 15) is 24.5 Å². The van der Waals surface area contributed by atoms with Crippen LogP contribution in [0.3, 0.4) is 0 Å². The average molecular weight is 481 g/mol. The van der Waals surface area contributed by atoms with Gasteiger partial charge in [-0.2, -0.15) is 0 Å². The van der Waals surface area contributed by atoms with Crippen LogP contribution in [-0.4, -0.2) is 47.7 Å². The Morgan fingerprint density at radius 1 is 1.11 bits per heavy atom. The highest BCUT2D eigenvalue weighted by Gasteiger charge is 2.49. The molecule has 10 nitrogen and oxygen atoms in total. The molecule has 0 aromatic heterocycles. The lowest BCUT2D eigenvalue weighted by molar-refractivity contribution is -0.384. The first kappa shape index (κ1) is 24.2. The summed E-state index contributed by atoms with van der Waals surface area (Å²) in [7, 11) is 1.48. The van der Waals surface area contributed by atoms with E-state index < -0.39 is 10.8 Å². The van der Waals surface area contributed by atoms with Crippen molar-refractivity contribution in [2.45, 2.75) is 26.2 Å². The molecule has 3 amide bonds. The molecule has 2 aliphatic rings. The van der Waals surface area contributed by atoms with E-state index in [0.717, 1.165) is 19.3 Å². The predicted octanol–water partition coefficient (Wildman–Crippen LogP) is 3.69. The van der Waals surface area contributed by atoms with Gasteiger partial charge in [-0.1, -0.05) is 19.1 Å². The Morgan fingerprint density at radius 2 is 1.86 bits per heavy atom. The topological polar surface area (TPSA) is 131 Å². The fourth-order valence-electron chi connectivity index (χ4n) is 4.90. The highest BCUT2D eigenvalue weighted by Crippen LogP contribution is 2.40. The fourth-order valence-corrected chi connectivity index (χ4v) is 4.90. The number of nitrogens with one attached hydrogen (secondary N) is 2. The fraction of sp³-hybridized carbons (Fsp3) is 0.400. The van der Waals surface area contributed by atoms with Gasteiger partial charge in [-0.05, 0) is 49.4 Å². The number of rotatable bonds is 8. The first-order valence-electron chi connectivity index (χ1n) is 11.6. The van der Waals surface area contributed by atoms with Crippen molar-refractivity contribution in [2.24, 2.45) is 17.8 Å². The number of hydrogen-bond acceptors (Lipinski definition) is 7. The summed E-state index contributed by atoms with van der Waals surface area (Å²) >= 11 is 0. The van der Waals surface area contributed by atoms with Gasteiger partial charge >= 0.3 is 0 Å². The van der Waals surface area contributed by atoms with E-state index in [-0.39, 0.29) is 53.7 Å². The summed E-state index contributed by atoms with van der Waals surface area (Å²) in [6, 6.07) is 11.0. The number of likely N-dealkylation sites (tertiary alicyclic amines) is 1. The minimum atomic E-state index is -0.579. The third kappa shape index (κ3) is 4.96. The molecule has 2 aromatic carbocycles. The highest BCUT2D eigenvalue weighted by molar-refractivity contribution is 6.06. The standard InChI is InChI=1S/C25H28N4O6/c1-15-7-9-17-18(13-15)25(32)28(24(17)31)12-11-26-19-10-8-16(14-21(19)29(33)34)23(30)27-20-5-3-4-6-22(20)35-2/h3-6,8,10,14-15,17-18,26H,7,9,11-13H2,1-2H3,(H,27,30)/t15-,17-,18-/m0/s1. The van der Waals surface area contributed by atoms with Crippen LogP contribution in [-0.2, 0) is 9.59 Å². The minimum Gasteiger partial charge on any atom is -0.495 e. The Hall–Kier alpha value is -3.95. The Bertz CT molecular complexity index is 1170. The number of carbonyl (C=O) groups is 3. The molecule has 1 saturated carbocycles. The second kappa shape index (κ2) is 10.1. The van der Waals surface area contributed by atoms with Crippen LogP contribution in [0.5, 0.6) is 5.75 Å². The van der Waals surface area contributed by atoms with Gasteiger partial charge in [0.1, 0.15) is 11.4 Å².